The molecule has 0 spiro atoms. The molecular weight excluding hydrogens is 466 g/mol. The topological polar surface area (TPSA) is 95.6 Å². The van der Waals surface area contributed by atoms with Crippen LogP contribution < -0.4 is 10.6 Å². The van der Waals surface area contributed by atoms with Gasteiger partial charge in [-0.15, -0.1) is 0 Å². The third-order valence-electron chi connectivity index (χ3n) is 6.07. The Bertz CT molecular complexity index is 1280. The smallest absolute Gasteiger partial charge is 0.262 e. The van der Waals surface area contributed by atoms with E-state index in [4.69, 9.17) is 11.6 Å². The Balaban J connectivity index is 1.60. The minimum Gasteiger partial charge on any atom is -0.339 e. The second-order valence-corrected chi connectivity index (χ2v) is 8.89. The number of aryl methyl sites for hydroxylation is 2. The summed E-state index contributed by atoms with van der Waals surface area (Å²) in [5, 5.41) is 6.10. The summed E-state index contributed by atoms with van der Waals surface area (Å²) in [6, 6.07) is 16.4. The van der Waals surface area contributed by atoms with E-state index in [0.717, 1.165) is 16.0 Å². The van der Waals surface area contributed by atoms with E-state index in [-0.39, 0.29) is 11.1 Å². The third-order valence-corrected chi connectivity index (χ3v) is 6.33. The molecule has 178 valence electrons. The van der Waals surface area contributed by atoms with Crippen LogP contribution in [0.3, 0.4) is 0 Å². The molecule has 2 N–H and O–H groups in total. The van der Waals surface area contributed by atoms with Gasteiger partial charge in [0.25, 0.3) is 17.7 Å². The molecule has 8 heteroatoms. The van der Waals surface area contributed by atoms with Gasteiger partial charge in [-0.05, 0) is 61.7 Å². The summed E-state index contributed by atoms with van der Waals surface area (Å²) in [6.07, 6.45) is 0. The number of benzene rings is 3. The number of nitrogens with one attached hydrogen (secondary N) is 2. The maximum atomic E-state index is 13.4. The molecule has 35 heavy (non-hydrogen) atoms. The first-order chi connectivity index (χ1) is 16.7. The number of halogens is 1. The van der Waals surface area contributed by atoms with Crippen LogP contribution in [-0.4, -0.2) is 34.6 Å². The quantitative estimate of drug-likeness (QED) is 0.500. The average molecular weight is 490 g/mol. The molecule has 1 heterocycles. The Kier molecular flexibility index (Phi) is 6.71. The fourth-order valence-electron chi connectivity index (χ4n) is 4.10. The van der Waals surface area contributed by atoms with Crippen LogP contribution in [0.25, 0.3) is 0 Å². The predicted molar refractivity (Wildman–Crippen MR) is 133 cm³/mol. The number of anilines is 1. The van der Waals surface area contributed by atoms with Crippen LogP contribution in [0.1, 0.15) is 50.4 Å². The Labute approximate surface area is 208 Å². The number of hydrogen-bond acceptors (Lipinski definition) is 4. The number of carbonyl (C=O) groups is 4. The maximum Gasteiger partial charge on any atom is 0.262 e. The first-order valence-corrected chi connectivity index (χ1v) is 11.5. The molecule has 3 aromatic carbocycles. The number of hydrogen-bond donors (Lipinski definition) is 2. The highest BCUT2D eigenvalue weighted by molar-refractivity contribution is 6.30. The zero-order chi connectivity index (χ0) is 25.3. The lowest BCUT2D eigenvalue weighted by molar-refractivity contribution is -0.129. The van der Waals surface area contributed by atoms with Gasteiger partial charge in [0.1, 0.15) is 12.1 Å². The summed E-state index contributed by atoms with van der Waals surface area (Å²) in [6.45, 7) is 5.21. The van der Waals surface area contributed by atoms with Crippen molar-refractivity contribution in [3.63, 3.8) is 0 Å². The van der Waals surface area contributed by atoms with E-state index in [1.807, 2.05) is 32.0 Å². The third kappa shape index (κ3) is 4.68. The van der Waals surface area contributed by atoms with Crippen LogP contribution in [0.15, 0.2) is 66.7 Å². The molecule has 4 amide bonds. The van der Waals surface area contributed by atoms with Gasteiger partial charge in [-0.2, -0.15) is 0 Å². The molecule has 3 aromatic rings. The minimum absolute atomic E-state index is 0.249. The molecule has 0 saturated carbocycles. The molecule has 0 unspecified atom stereocenters. The fourth-order valence-corrected chi connectivity index (χ4v) is 4.23. The van der Waals surface area contributed by atoms with E-state index >= 15 is 0 Å². The molecule has 0 fully saturated rings. The molecule has 0 saturated heterocycles. The van der Waals surface area contributed by atoms with E-state index in [1.54, 1.807) is 48.5 Å². The Hall–Kier alpha value is -3.97. The Morgan fingerprint density at radius 1 is 0.800 bits per heavy atom. The van der Waals surface area contributed by atoms with Crippen molar-refractivity contribution >= 4 is 40.9 Å². The van der Waals surface area contributed by atoms with Gasteiger partial charge in [-0.1, -0.05) is 54.1 Å². The molecule has 7 nitrogen and oxygen atoms in total. The second kappa shape index (κ2) is 9.72. The van der Waals surface area contributed by atoms with Gasteiger partial charge >= 0.3 is 0 Å². The molecule has 1 aliphatic heterocycles. The molecule has 0 aliphatic carbocycles. The highest BCUT2D eigenvalue weighted by Gasteiger charge is 2.41. The molecule has 0 bridgehead atoms. The summed E-state index contributed by atoms with van der Waals surface area (Å²) >= 11 is 6.02. The first kappa shape index (κ1) is 24.2. The standard InChI is InChI=1S/C27H24ClN3O4/c1-15-7-6-8-16(2)22(15)29-25(33)23(18-11-13-19(28)14-12-18)30-24(32)17(3)31-26(34)20-9-4-5-10-21(20)27(31)35/h4-14,17,23H,1-3H3,(H,29,33)(H,30,32)/t17-,23+/m0/s1. The van der Waals surface area contributed by atoms with Gasteiger partial charge in [-0.3, -0.25) is 24.1 Å². The van der Waals surface area contributed by atoms with Gasteiger partial charge in [0, 0.05) is 10.7 Å². The van der Waals surface area contributed by atoms with Crippen molar-refractivity contribution in [2.45, 2.75) is 32.9 Å². The van der Waals surface area contributed by atoms with Gasteiger partial charge in [0.2, 0.25) is 5.91 Å². The highest BCUT2D eigenvalue weighted by atomic mass is 35.5. The maximum absolute atomic E-state index is 13.4. The lowest BCUT2D eigenvalue weighted by Crippen LogP contribution is -2.50. The zero-order valence-electron chi connectivity index (χ0n) is 19.5. The SMILES string of the molecule is Cc1cccc(C)c1NC(=O)[C@H](NC(=O)[C@H](C)N1C(=O)c2ccccc2C1=O)c1ccc(Cl)cc1. The van der Waals surface area contributed by atoms with Crippen molar-refractivity contribution in [1.29, 1.82) is 0 Å². The predicted octanol–water partition coefficient (Wildman–Crippen LogP) is 4.44. The summed E-state index contributed by atoms with van der Waals surface area (Å²) in [7, 11) is 0. The lowest BCUT2D eigenvalue weighted by atomic mass is 10.0. The van der Waals surface area contributed by atoms with E-state index < -0.39 is 35.7 Å². The number of carbonyl (C=O) groups excluding carboxylic acids is 4. The molecule has 0 aromatic heterocycles. The Morgan fingerprint density at radius 3 is 1.89 bits per heavy atom. The largest absolute Gasteiger partial charge is 0.339 e. The number of nitrogens with zero attached hydrogens (tertiary/aromatic N) is 1. The molecule has 1 aliphatic rings. The van der Waals surface area contributed by atoms with Gasteiger partial charge < -0.3 is 10.6 Å². The van der Waals surface area contributed by atoms with Crippen molar-refractivity contribution in [3.05, 3.63) is 99.6 Å². The van der Waals surface area contributed by atoms with E-state index in [9.17, 15) is 19.2 Å². The van der Waals surface area contributed by atoms with Crippen LogP contribution in [0.4, 0.5) is 5.69 Å². The molecule has 0 radical (unpaired) electrons. The summed E-state index contributed by atoms with van der Waals surface area (Å²) < 4.78 is 0. The Morgan fingerprint density at radius 2 is 1.34 bits per heavy atom. The van der Waals surface area contributed by atoms with Crippen molar-refractivity contribution < 1.29 is 19.2 Å². The van der Waals surface area contributed by atoms with E-state index in [2.05, 4.69) is 10.6 Å². The highest BCUT2D eigenvalue weighted by Crippen LogP contribution is 2.26. The van der Waals surface area contributed by atoms with Crippen LogP contribution in [0.5, 0.6) is 0 Å². The first-order valence-electron chi connectivity index (χ1n) is 11.1. The van der Waals surface area contributed by atoms with E-state index in [1.165, 1.54) is 6.92 Å². The average Bonchev–Trinajstić information content (AvgIpc) is 3.10. The number of para-hydroxylation sites is 1. The van der Waals surface area contributed by atoms with E-state index in [0.29, 0.717) is 16.3 Å². The summed E-state index contributed by atoms with van der Waals surface area (Å²) in [5.41, 5.74) is 3.40. The number of fused-ring (bicyclic) bond motifs is 1. The number of rotatable bonds is 6. The fraction of sp³-hybridized carbons (Fsp3) is 0.185. The summed E-state index contributed by atoms with van der Waals surface area (Å²) in [4.78, 5) is 53.2. The van der Waals surface area contributed by atoms with Crippen LogP contribution in [0, 0.1) is 13.8 Å². The molecular formula is C27H24ClN3O4. The molecule has 2 atom stereocenters. The van der Waals surface area contributed by atoms with Gasteiger partial charge in [-0.25, -0.2) is 0 Å². The number of imide groups is 1. The molecule has 4 rings (SSSR count). The van der Waals surface area contributed by atoms with Crippen molar-refractivity contribution in [3.8, 4) is 0 Å². The normalized spacial score (nSPS) is 14.3. The monoisotopic (exact) mass is 489 g/mol. The van der Waals surface area contributed by atoms with Crippen LogP contribution >= 0.6 is 11.6 Å². The van der Waals surface area contributed by atoms with Gasteiger partial charge in [0.05, 0.1) is 11.1 Å². The van der Waals surface area contributed by atoms with Crippen LogP contribution in [-0.2, 0) is 9.59 Å². The van der Waals surface area contributed by atoms with Crippen molar-refractivity contribution in [2.24, 2.45) is 0 Å². The van der Waals surface area contributed by atoms with Crippen LogP contribution in [0.2, 0.25) is 5.02 Å². The minimum atomic E-state index is -1.13. The second-order valence-electron chi connectivity index (χ2n) is 8.45. The number of amides is 4. The van der Waals surface area contributed by atoms with Crippen molar-refractivity contribution in [1.82, 2.24) is 10.2 Å². The van der Waals surface area contributed by atoms with Crippen molar-refractivity contribution in [2.75, 3.05) is 5.32 Å². The summed E-state index contributed by atoms with van der Waals surface area (Å²) in [5.74, 6) is -2.20. The lowest BCUT2D eigenvalue weighted by Gasteiger charge is -2.25. The zero-order valence-corrected chi connectivity index (χ0v) is 20.2. The van der Waals surface area contributed by atoms with Gasteiger partial charge in [0.15, 0.2) is 0 Å².